The Labute approximate surface area is 132 Å². The van der Waals surface area contributed by atoms with E-state index in [9.17, 15) is 4.79 Å². The number of Topliss-reactive ketones (excluding diaryl/α,β-unsaturated/α-hetero) is 1. The summed E-state index contributed by atoms with van der Waals surface area (Å²) in [4.78, 5) is 11.6. The van der Waals surface area contributed by atoms with Gasteiger partial charge in [0.1, 0.15) is 0 Å². The number of aryl methyl sites for hydroxylation is 2. The van der Waals surface area contributed by atoms with E-state index in [1.54, 1.807) is 19.1 Å². The van der Waals surface area contributed by atoms with E-state index in [2.05, 4.69) is 32.0 Å². The molecule has 1 nitrogen and oxygen atoms in total. The fourth-order valence-corrected chi connectivity index (χ4v) is 2.67. The highest BCUT2D eigenvalue weighted by Crippen LogP contribution is 2.31. The number of ketones is 1. The maximum atomic E-state index is 11.6. The Morgan fingerprint density at radius 2 is 1.90 bits per heavy atom. The lowest BCUT2D eigenvalue weighted by Crippen LogP contribution is -1.94. The zero-order valence-corrected chi connectivity index (χ0v) is 13.6. The van der Waals surface area contributed by atoms with Crippen molar-refractivity contribution in [3.05, 3.63) is 58.1 Å². The Morgan fingerprint density at radius 1 is 1.14 bits per heavy atom. The molecule has 0 heterocycles. The summed E-state index contributed by atoms with van der Waals surface area (Å²) >= 11 is 6.32. The van der Waals surface area contributed by atoms with Crippen LogP contribution in [0.2, 0.25) is 5.02 Å². The van der Waals surface area contributed by atoms with E-state index in [0.717, 1.165) is 17.5 Å². The first kappa shape index (κ1) is 15.8. The van der Waals surface area contributed by atoms with Gasteiger partial charge in [-0.25, -0.2) is 0 Å². The molecule has 0 fully saturated rings. The van der Waals surface area contributed by atoms with Gasteiger partial charge in [0, 0.05) is 16.1 Å². The summed E-state index contributed by atoms with van der Waals surface area (Å²) < 4.78 is 0. The second-order valence-corrected chi connectivity index (χ2v) is 5.90. The van der Waals surface area contributed by atoms with Crippen molar-refractivity contribution in [1.82, 2.24) is 0 Å². The van der Waals surface area contributed by atoms with Gasteiger partial charge in [-0.2, -0.15) is 0 Å². The number of hydrogen-bond acceptors (Lipinski definition) is 1. The topological polar surface area (TPSA) is 17.1 Å². The van der Waals surface area contributed by atoms with E-state index in [1.807, 2.05) is 6.07 Å². The summed E-state index contributed by atoms with van der Waals surface area (Å²) in [6, 6.07) is 11.9. The quantitative estimate of drug-likeness (QED) is 0.632. The molecule has 0 amide bonds. The minimum Gasteiger partial charge on any atom is -0.295 e. The van der Waals surface area contributed by atoms with Crippen molar-refractivity contribution in [3.63, 3.8) is 0 Å². The highest BCUT2D eigenvalue weighted by Gasteiger charge is 2.09. The molecule has 0 spiro atoms. The minimum absolute atomic E-state index is 0.0613. The number of benzene rings is 2. The van der Waals surface area contributed by atoms with Crippen LogP contribution in [0.5, 0.6) is 0 Å². The Kier molecular flexibility index (Phi) is 5.19. The molecule has 0 bridgehead atoms. The molecule has 0 saturated carbocycles. The van der Waals surface area contributed by atoms with Crippen molar-refractivity contribution in [2.45, 2.75) is 40.0 Å². The lowest BCUT2D eigenvalue weighted by molar-refractivity contribution is 0.101. The van der Waals surface area contributed by atoms with Gasteiger partial charge in [0.2, 0.25) is 0 Å². The first-order valence-corrected chi connectivity index (χ1v) is 7.81. The van der Waals surface area contributed by atoms with Gasteiger partial charge in [-0.1, -0.05) is 43.1 Å². The van der Waals surface area contributed by atoms with Crippen molar-refractivity contribution in [2.24, 2.45) is 0 Å². The van der Waals surface area contributed by atoms with E-state index in [1.165, 1.54) is 24.0 Å². The third kappa shape index (κ3) is 3.74. The summed E-state index contributed by atoms with van der Waals surface area (Å²) in [6.45, 7) is 5.92. The predicted octanol–water partition coefficient (Wildman–Crippen LogP) is 5.86. The molecule has 2 rings (SSSR count). The van der Waals surface area contributed by atoms with Gasteiger partial charge >= 0.3 is 0 Å². The molecule has 21 heavy (non-hydrogen) atoms. The van der Waals surface area contributed by atoms with E-state index in [0.29, 0.717) is 10.6 Å². The zero-order chi connectivity index (χ0) is 15.4. The van der Waals surface area contributed by atoms with E-state index >= 15 is 0 Å². The molecule has 110 valence electrons. The second-order valence-electron chi connectivity index (χ2n) is 5.50. The summed E-state index contributed by atoms with van der Waals surface area (Å²) in [5.74, 6) is 0.0613. The van der Waals surface area contributed by atoms with Crippen LogP contribution in [-0.2, 0) is 6.42 Å². The molecule has 0 saturated heterocycles. The van der Waals surface area contributed by atoms with Gasteiger partial charge in [0.25, 0.3) is 0 Å². The van der Waals surface area contributed by atoms with E-state index < -0.39 is 0 Å². The van der Waals surface area contributed by atoms with Gasteiger partial charge < -0.3 is 0 Å². The number of carbonyl (C=O) groups is 1. The maximum Gasteiger partial charge on any atom is 0.159 e. The number of unbranched alkanes of at least 4 members (excludes halogenated alkanes) is 1. The van der Waals surface area contributed by atoms with Crippen molar-refractivity contribution >= 4 is 17.4 Å². The normalized spacial score (nSPS) is 10.7. The number of hydrogen-bond donors (Lipinski definition) is 0. The van der Waals surface area contributed by atoms with Crippen molar-refractivity contribution in [1.29, 1.82) is 0 Å². The lowest BCUT2D eigenvalue weighted by Gasteiger charge is -2.11. The van der Waals surface area contributed by atoms with Gasteiger partial charge in [0.15, 0.2) is 5.78 Å². The average molecular weight is 301 g/mol. The van der Waals surface area contributed by atoms with Crippen LogP contribution in [0.15, 0.2) is 36.4 Å². The van der Waals surface area contributed by atoms with E-state index in [4.69, 9.17) is 11.6 Å². The first-order chi connectivity index (χ1) is 10.0. The van der Waals surface area contributed by atoms with Gasteiger partial charge in [-0.05, 0) is 61.6 Å². The summed E-state index contributed by atoms with van der Waals surface area (Å²) in [5, 5.41) is 0.685. The van der Waals surface area contributed by atoms with Crippen LogP contribution in [0.1, 0.15) is 48.2 Å². The lowest BCUT2D eigenvalue weighted by atomic mass is 9.95. The standard InChI is InChI=1S/C19H21ClO/c1-4-5-6-15-11-17(8-7-13(15)2)18-12-16(14(3)21)9-10-19(18)20/h7-12H,4-6H2,1-3H3. The number of halogens is 1. The first-order valence-electron chi connectivity index (χ1n) is 7.43. The maximum absolute atomic E-state index is 11.6. The highest BCUT2D eigenvalue weighted by atomic mass is 35.5. The molecule has 0 aromatic heterocycles. The molecule has 2 aromatic rings. The smallest absolute Gasteiger partial charge is 0.159 e. The van der Waals surface area contributed by atoms with Crippen LogP contribution in [0.4, 0.5) is 0 Å². The monoisotopic (exact) mass is 300 g/mol. The SMILES string of the molecule is CCCCc1cc(-c2cc(C(C)=O)ccc2Cl)ccc1C. The minimum atomic E-state index is 0.0613. The molecule has 0 atom stereocenters. The van der Waals surface area contributed by atoms with Gasteiger partial charge in [0.05, 0.1) is 0 Å². The average Bonchev–Trinajstić information content (AvgIpc) is 2.47. The third-order valence-electron chi connectivity index (χ3n) is 3.83. The summed E-state index contributed by atoms with van der Waals surface area (Å²) in [7, 11) is 0. The third-order valence-corrected chi connectivity index (χ3v) is 4.16. The van der Waals surface area contributed by atoms with Crippen molar-refractivity contribution in [3.8, 4) is 11.1 Å². The Hall–Kier alpha value is -1.60. The van der Waals surface area contributed by atoms with Crippen LogP contribution in [0, 0.1) is 6.92 Å². The predicted molar refractivity (Wildman–Crippen MR) is 90.2 cm³/mol. The summed E-state index contributed by atoms with van der Waals surface area (Å²) in [5.41, 5.74) is 5.39. The largest absolute Gasteiger partial charge is 0.295 e. The molecule has 0 N–H and O–H groups in total. The second kappa shape index (κ2) is 6.91. The molecule has 0 unspecified atom stereocenters. The fourth-order valence-electron chi connectivity index (χ4n) is 2.44. The molecule has 2 aromatic carbocycles. The van der Waals surface area contributed by atoms with Gasteiger partial charge in [-0.3, -0.25) is 4.79 Å². The Morgan fingerprint density at radius 3 is 2.57 bits per heavy atom. The molecule has 2 heteroatoms. The Bertz CT molecular complexity index is 659. The van der Waals surface area contributed by atoms with Crippen LogP contribution in [-0.4, -0.2) is 5.78 Å². The molecule has 0 radical (unpaired) electrons. The molecular formula is C19H21ClO. The molecule has 0 aliphatic heterocycles. The van der Waals surface area contributed by atoms with Crippen LogP contribution in [0.3, 0.4) is 0 Å². The summed E-state index contributed by atoms with van der Waals surface area (Å²) in [6.07, 6.45) is 3.45. The van der Waals surface area contributed by atoms with Crippen LogP contribution < -0.4 is 0 Å². The highest BCUT2D eigenvalue weighted by molar-refractivity contribution is 6.33. The van der Waals surface area contributed by atoms with Crippen LogP contribution in [0.25, 0.3) is 11.1 Å². The molecule has 0 aliphatic rings. The fraction of sp³-hybridized carbons (Fsp3) is 0.316. The molecular weight excluding hydrogens is 280 g/mol. The van der Waals surface area contributed by atoms with E-state index in [-0.39, 0.29) is 5.78 Å². The Balaban J connectivity index is 2.46. The van der Waals surface area contributed by atoms with Gasteiger partial charge in [-0.15, -0.1) is 0 Å². The molecule has 0 aliphatic carbocycles. The number of carbonyl (C=O) groups excluding carboxylic acids is 1. The van der Waals surface area contributed by atoms with Crippen molar-refractivity contribution in [2.75, 3.05) is 0 Å². The van der Waals surface area contributed by atoms with Crippen LogP contribution >= 0.6 is 11.6 Å². The zero-order valence-electron chi connectivity index (χ0n) is 12.9. The number of rotatable bonds is 5. The van der Waals surface area contributed by atoms with Crippen molar-refractivity contribution < 1.29 is 4.79 Å².